The van der Waals surface area contributed by atoms with Crippen molar-refractivity contribution in [1.82, 2.24) is 19.3 Å². The van der Waals surface area contributed by atoms with Crippen molar-refractivity contribution in [2.24, 2.45) is 0 Å². The van der Waals surface area contributed by atoms with Crippen LogP contribution in [0.4, 0.5) is 4.39 Å². The average Bonchev–Trinajstić information content (AvgIpc) is 3.00. The number of alkyl halides is 1. The molecule has 6 heteroatoms. The normalized spacial score (nSPS) is 11.5. The van der Waals surface area contributed by atoms with Crippen molar-refractivity contribution in [3.8, 4) is 5.69 Å². The number of nitrogens with zero attached hydrogens (tertiary/aromatic N) is 4. The van der Waals surface area contributed by atoms with Crippen molar-refractivity contribution >= 4 is 22.8 Å². The topological polar surface area (TPSA) is 35.6 Å². The molecule has 4 nitrogen and oxygen atoms in total. The molecule has 0 saturated heterocycles. The van der Waals surface area contributed by atoms with Crippen molar-refractivity contribution in [3.05, 3.63) is 41.1 Å². The molecule has 1 aromatic carbocycles. The van der Waals surface area contributed by atoms with Crippen molar-refractivity contribution in [2.75, 3.05) is 0 Å². The Kier molecular flexibility index (Phi) is 3.45. The van der Waals surface area contributed by atoms with Crippen LogP contribution in [-0.4, -0.2) is 19.3 Å². The Balaban J connectivity index is 2.42. The van der Waals surface area contributed by atoms with Gasteiger partial charge in [-0.2, -0.15) is 5.10 Å². The fourth-order valence-corrected chi connectivity index (χ4v) is 2.79. The lowest BCUT2D eigenvalue weighted by molar-refractivity contribution is 0.615. The van der Waals surface area contributed by atoms with Gasteiger partial charge in [-0.05, 0) is 32.9 Å². The molecule has 0 amide bonds. The van der Waals surface area contributed by atoms with Gasteiger partial charge >= 0.3 is 0 Å². The van der Waals surface area contributed by atoms with E-state index in [1.165, 1.54) is 6.07 Å². The first-order valence-electron chi connectivity index (χ1n) is 6.84. The highest BCUT2D eigenvalue weighted by molar-refractivity contribution is 6.17. The number of benzene rings is 1. The minimum absolute atomic E-state index is 0.242. The molecule has 0 spiro atoms. The van der Waals surface area contributed by atoms with Crippen LogP contribution in [0.25, 0.3) is 16.9 Å². The Morgan fingerprint density at radius 1 is 1.29 bits per heavy atom. The van der Waals surface area contributed by atoms with E-state index in [-0.39, 0.29) is 11.7 Å². The van der Waals surface area contributed by atoms with Gasteiger partial charge in [0, 0.05) is 12.1 Å². The lowest BCUT2D eigenvalue weighted by atomic mass is 10.2. The summed E-state index contributed by atoms with van der Waals surface area (Å²) in [6, 6.07) is 5.02. The molecule has 0 fully saturated rings. The summed E-state index contributed by atoms with van der Waals surface area (Å²) < 4.78 is 17.7. The van der Waals surface area contributed by atoms with E-state index in [4.69, 9.17) is 11.6 Å². The second-order valence-corrected chi connectivity index (χ2v) is 5.22. The van der Waals surface area contributed by atoms with Crippen LogP contribution in [0.2, 0.25) is 0 Å². The predicted octanol–water partition coefficient (Wildman–Crippen LogP) is 3.74. The first kappa shape index (κ1) is 14.1. The van der Waals surface area contributed by atoms with Gasteiger partial charge in [0.15, 0.2) is 5.65 Å². The van der Waals surface area contributed by atoms with Crippen LogP contribution in [-0.2, 0) is 12.4 Å². The largest absolute Gasteiger partial charge is 0.280 e. The molecule has 2 heterocycles. The lowest BCUT2D eigenvalue weighted by Crippen LogP contribution is -2.08. The van der Waals surface area contributed by atoms with Crippen LogP contribution in [0.1, 0.15) is 24.0 Å². The number of aryl methyl sites for hydroxylation is 2. The van der Waals surface area contributed by atoms with Gasteiger partial charge in [-0.1, -0.05) is 6.07 Å². The van der Waals surface area contributed by atoms with Gasteiger partial charge in [-0.25, -0.2) is 14.1 Å². The van der Waals surface area contributed by atoms with Gasteiger partial charge in [0.05, 0.1) is 17.3 Å². The van der Waals surface area contributed by atoms with Crippen LogP contribution in [0.5, 0.6) is 0 Å². The van der Waals surface area contributed by atoms with Crippen molar-refractivity contribution in [1.29, 1.82) is 0 Å². The number of hydrogen-bond donors (Lipinski definition) is 0. The van der Waals surface area contributed by atoms with Crippen molar-refractivity contribution < 1.29 is 4.39 Å². The molecule has 0 aliphatic heterocycles. The number of aromatic nitrogens is 4. The maximum atomic E-state index is 13.9. The summed E-state index contributed by atoms with van der Waals surface area (Å²) in [5.74, 6) is 0.713. The Labute approximate surface area is 127 Å². The summed E-state index contributed by atoms with van der Waals surface area (Å²) in [7, 11) is 0. The molecule has 0 atom stereocenters. The molecule has 3 aromatic rings. The van der Waals surface area contributed by atoms with E-state index in [2.05, 4.69) is 10.1 Å². The summed E-state index contributed by atoms with van der Waals surface area (Å²) in [6.45, 7) is 6.41. The highest BCUT2D eigenvalue weighted by atomic mass is 35.5. The third-order valence-corrected chi connectivity index (χ3v) is 3.92. The molecular weight excluding hydrogens is 291 g/mol. The van der Waals surface area contributed by atoms with Crippen molar-refractivity contribution in [3.63, 3.8) is 0 Å². The molecule has 2 aromatic heterocycles. The number of rotatable bonds is 3. The molecule has 0 aliphatic carbocycles. The number of hydrogen-bond acceptors (Lipinski definition) is 2. The molecule has 0 N–H and O–H groups in total. The molecule has 0 bridgehead atoms. The van der Waals surface area contributed by atoms with Crippen molar-refractivity contribution in [2.45, 2.75) is 33.2 Å². The Hall–Kier alpha value is -1.88. The monoisotopic (exact) mass is 306 g/mol. The Bertz CT molecular complexity index is 819. The smallest absolute Gasteiger partial charge is 0.163 e. The van der Waals surface area contributed by atoms with E-state index >= 15 is 0 Å². The summed E-state index contributed by atoms with van der Waals surface area (Å²) >= 11 is 6.04. The van der Waals surface area contributed by atoms with E-state index in [1.54, 1.807) is 13.0 Å². The van der Waals surface area contributed by atoms with Gasteiger partial charge in [0.25, 0.3) is 0 Å². The van der Waals surface area contributed by atoms with Crippen LogP contribution in [0.3, 0.4) is 0 Å². The molecule has 3 rings (SSSR count). The zero-order valence-corrected chi connectivity index (χ0v) is 12.9. The molecule has 110 valence electrons. The summed E-state index contributed by atoms with van der Waals surface area (Å²) in [4.78, 5) is 4.57. The summed E-state index contributed by atoms with van der Waals surface area (Å²) in [5.41, 5.74) is 3.86. The van der Waals surface area contributed by atoms with E-state index in [0.29, 0.717) is 17.9 Å². The van der Waals surface area contributed by atoms with E-state index < -0.39 is 0 Å². The van der Waals surface area contributed by atoms with Crippen LogP contribution >= 0.6 is 11.6 Å². The predicted molar refractivity (Wildman–Crippen MR) is 81.5 cm³/mol. The van der Waals surface area contributed by atoms with Gasteiger partial charge in [0.2, 0.25) is 0 Å². The zero-order chi connectivity index (χ0) is 15.1. The average molecular weight is 307 g/mol. The Morgan fingerprint density at radius 3 is 2.71 bits per heavy atom. The van der Waals surface area contributed by atoms with E-state index in [0.717, 1.165) is 22.5 Å². The standard InChI is InChI=1S/C15H16ClFN4/c1-4-20-15-14(10(3)19-20)18-13(8-16)21(15)12-7-5-6-11(17)9(12)2/h5-7H,4,8H2,1-3H3. The minimum Gasteiger partial charge on any atom is -0.280 e. The highest BCUT2D eigenvalue weighted by Crippen LogP contribution is 2.27. The second-order valence-electron chi connectivity index (χ2n) is 4.95. The fraction of sp³-hybridized carbons (Fsp3) is 0.333. The maximum Gasteiger partial charge on any atom is 0.163 e. The third kappa shape index (κ3) is 2.03. The van der Waals surface area contributed by atoms with Crippen LogP contribution in [0.15, 0.2) is 18.2 Å². The summed E-state index contributed by atoms with van der Waals surface area (Å²) in [5, 5.41) is 4.48. The highest BCUT2D eigenvalue weighted by Gasteiger charge is 2.20. The molecular formula is C15H16ClFN4. The quantitative estimate of drug-likeness (QED) is 0.691. The molecule has 0 saturated carbocycles. The first-order chi connectivity index (χ1) is 10.1. The number of imidazole rings is 1. The van der Waals surface area contributed by atoms with E-state index in [9.17, 15) is 4.39 Å². The summed E-state index contributed by atoms with van der Waals surface area (Å²) in [6.07, 6.45) is 0. The third-order valence-electron chi connectivity index (χ3n) is 3.68. The molecule has 0 aliphatic rings. The molecule has 21 heavy (non-hydrogen) atoms. The van der Waals surface area contributed by atoms with Crippen LogP contribution < -0.4 is 0 Å². The molecule has 0 radical (unpaired) electrons. The van der Waals surface area contributed by atoms with Gasteiger partial charge in [-0.3, -0.25) is 4.57 Å². The van der Waals surface area contributed by atoms with Gasteiger partial charge in [0.1, 0.15) is 17.2 Å². The fourth-order valence-electron chi connectivity index (χ4n) is 2.61. The number of halogens is 2. The number of fused-ring (bicyclic) bond motifs is 1. The SMILES string of the molecule is CCn1nc(C)c2nc(CCl)n(-c3cccc(F)c3C)c21. The zero-order valence-electron chi connectivity index (χ0n) is 12.2. The Morgan fingerprint density at radius 2 is 2.05 bits per heavy atom. The lowest BCUT2D eigenvalue weighted by Gasteiger charge is -2.12. The first-order valence-corrected chi connectivity index (χ1v) is 7.38. The van der Waals surface area contributed by atoms with Gasteiger partial charge < -0.3 is 0 Å². The maximum absolute atomic E-state index is 13.9. The minimum atomic E-state index is -0.242. The second kappa shape index (κ2) is 5.15. The van der Waals surface area contributed by atoms with Gasteiger partial charge in [-0.15, -0.1) is 11.6 Å². The molecule has 0 unspecified atom stereocenters. The van der Waals surface area contributed by atoms with E-state index in [1.807, 2.05) is 29.2 Å². The van der Waals surface area contributed by atoms with Crippen LogP contribution in [0, 0.1) is 19.7 Å².